The lowest BCUT2D eigenvalue weighted by Crippen LogP contribution is -2.32. The first kappa shape index (κ1) is 23.0. The molecule has 1 atom stereocenters. The zero-order valence-corrected chi connectivity index (χ0v) is 17.9. The number of hydrogen-bond acceptors (Lipinski definition) is 3. The molecule has 174 valence electrons. The van der Waals surface area contributed by atoms with Gasteiger partial charge in [0.1, 0.15) is 17.5 Å². The van der Waals surface area contributed by atoms with Crippen LogP contribution in [-0.4, -0.2) is 24.3 Å². The highest BCUT2D eigenvalue weighted by molar-refractivity contribution is 6.04. The largest absolute Gasteiger partial charge is 0.352 e. The van der Waals surface area contributed by atoms with Gasteiger partial charge in [-0.1, -0.05) is 12.1 Å². The van der Waals surface area contributed by atoms with Gasteiger partial charge in [-0.3, -0.25) is 14.4 Å². The van der Waals surface area contributed by atoms with Gasteiger partial charge < -0.3 is 15.5 Å². The van der Waals surface area contributed by atoms with E-state index in [4.69, 9.17) is 0 Å². The standard InChI is InChI=1S/C25H20F3N3O3/c26-18-6-4-16(5-7-18)25(34)30-21-3-1-2-15(8-21)13-29-24(33)17-9-23(32)31(14-17)22-11-19(27)10-20(28)12-22/h1-8,10-12,17H,9,13-14H2,(H,29,33)(H,30,34). The van der Waals surface area contributed by atoms with Crippen LogP contribution in [0.4, 0.5) is 24.5 Å². The molecular weight excluding hydrogens is 447 g/mol. The summed E-state index contributed by atoms with van der Waals surface area (Å²) >= 11 is 0. The average Bonchev–Trinajstić information content (AvgIpc) is 3.19. The minimum atomic E-state index is -0.804. The molecule has 3 aromatic carbocycles. The van der Waals surface area contributed by atoms with Crippen LogP contribution in [0, 0.1) is 23.4 Å². The van der Waals surface area contributed by atoms with Crippen molar-refractivity contribution in [2.45, 2.75) is 13.0 Å². The quantitative estimate of drug-likeness (QED) is 0.575. The van der Waals surface area contributed by atoms with Gasteiger partial charge in [0.05, 0.1) is 5.92 Å². The number of halogens is 3. The van der Waals surface area contributed by atoms with Crippen LogP contribution in [0.3, 0.4) is 0 Å². The SMILES string of the molecule is O=C(Nc1cccc(CNC(=O)C2CC(=O)N(c3cc(F)cc(F)c3)C2)c1)c1ccc(F)cc1. The second-order valence-electron chi connectivity index (χ2n) is 7.91. The van der Waals surface area contributed by atoms with E-state index in [1.54, 1.807) is 24.3 Å². The summed E-state index contributed by atoms with van der Waals surface area (Å²) in [7, 11) is 0. The van der Waals surface area contributed by atoms with Crippen molar-refractivity contribution in [2.75, 3.05) is 16.8 Å². The number of nitrogens with zero attached hydrogens (tertiary/aromatic N) is 1. The topological polar surface area (TPSA) is 78.5 Å². The first-order chi connectivity index (χ1) is 16.3. The van der Waals surface area contributed by atoms with Gasteiger partial charge in [0.2, 0.25) is 11.8 Å². The summed E-state index contributed by atoms with van der Waals surface area (Å²) in [5, 5.41) is 5.47. The van der Waals surface area contributed by atoms with Gasteiger partial charge in [-0.15, -0.1) is 0 Å². The van der Waals surface area contributed by atoms with E-state index in [-0.39, 0.29) is 31.1 Å². The van der Waals surface area contributed by atoms with Crippen LogP contribution in [0.15, 0.2) is 66.7 Å². The van der Waals surface area contributed by atoms with Gasteiger partial charge in [-0.05, 0) is 54.1 Å². The fraction of sp³-hybridized carbons (Fsp3) is 0.160. The van der Waals surface area contributed by atoms with E-state index in [0.717, 1.165) is 12.1 Å². The van der Waals surface area contributed by atoms with E-state index in [2.05, 4.69) is 10.6 Å². The van der Waals surface area contributed by atoms with Crippen LogP contribution >= 0.6 is 0 Å². The number of carbonyl (C=O) groups is 3. The maximum absolute atomic E-state index is 13.5. The molecule has 0 radical (unpaired) electrons. The molecule has 0 aliphatic carbocycles. The van der Waals surface area contributed by atoms with Crippen molar-refractivity contribution < 1.29 is 27.6 Å². The highest BCUT2D eigenvalue weighted by Gasteiger charge is 2.35. The molecule has 9 heteroatoms. The summed E-state index contributed by atoms with van der Waals surface area (Å²) < 4.78 is 40.0. The summed E-state index contributed by atoms with van der Waals surface area (Å²) in [4.78, 5) is 38.4. The summed E-state index contributed by atoms with van der Waals surface area (Å²) in [5.41, 5.74) is 1.58. The molecule has 0 saturated carbocycles. The number of benzene rings is 3. The molecule has 6 nitrogen and oxygen atoms in total. The average molecular weight is 467 g/mol. The Kier molecular flexibility index (Phi) is 6.62. The summed E-state index contributed by atoms with van der Waals surface area (Å²) in [6, 6.07) is 14.8. The maximum atomic E-state index is 13.5. The molecular formula is C25H20F3N3O3. The van der Waals surface area contributed by atoms with Crippen molar-refractivity contribution in [3.63, 3.8) is 0 Å². The van der Waals surface area contributed by atoms with Crippen LogP contribution in [0.1, 0.15) is 22.3 Å². The molecule has 2 N–H and O–H groups in total. The summed E-state index contributed by atoms with van der Waals surface area (Å²) in [5.74, 6) is -3.88. The Hall–Kier alpha value is -4.14. The molecule has 4 rings (SSSR count). The Morgan fingerprint density at radius 2 is 1.62 bits per heavy atom. The highest BCUT2D eigenvalue weighted by atomic mass is 19.1. The smallest absolute Gasteiger partial charge is 0.255 e. The van der Waals surface area contributed by atoms with E-state index in [1.807, 2.05) is 0 Å². The molecule has 1 heterocycles. The molecule has 3 amide bonds. The number of amides is 3. The van der Waals surface area contributed by atoms with Gasteiger partial charge in [0, 0.05) is 42.5 Å². The lowest BCUT2D eigenvalue weighted by atomic mass is 10.1. The number of carbonyl (C=O) groups excluding carboxylic acids is 3. The van der Waals surface area contributed by atoms with Gasteiger partial charge in [0.15, 0.2) is 0 Å². The van der Waals surface area contributed by atoms with Crippen molar-refractivity contribution in [3.8, 4) is 0 Å². The molecule has 34 heavy (non-hydrogen) atoms. The molecule has 0 bridgehead atoms. The third-order valence-electron chi connectivity index (χ3n) is 5.41. The van der Waals surface area contributed by atoms with E-state index < -0.39 is 35.2 Å². The number of hydrogen-bond donors (Lipinski definition) is 2. The molecule has 1 saturated heterocycles. The maximum Gasteiger partial charge on any atom is 0.255 e. The first-order valence-electron chi connectivity index (χ1n) is 10.5. The van der Waals surface area contributed by atoms with Gasteiger partial charge in [-0.25, -0.2) is 13.2 Å². The lowest BCUT2D eigenvalue weighted by Gasteiger charge is -2.17. The fourth-order valence-electron chi connectivity index (χ4n) is 3.72. The van der Waals surface area contributed by atoms with Gasteiger partial charge >= 0.3 is 0 Å². The van der Waals surface area contributed by atoms with E-state index in [1.165, 1.54) is 29.2 Å². The second-order valence-corrected chi connectivity index (χ2v) is 7.91. The molecule has 1 aliphatic heterocycles. The van der Waals surface area contributed by atoms with Crippen LogP contribution in [0.5, 0.6) is 0 Å². The molecule has 3 aromatic rings. The Bertz CT molecular complexity index is 1230. The third-order valence-corrected chi connectivity index (χ3v) is 5.41. The third kappa shape index (κ3) is 5.43. The number of rotatable bonds is 6. The van der Waals surface area contributed by atoms with Crippen LogP contribution in [0.2, 0.25) is 0 Å². The molecule has 0 spiro atoms. The monoisotopic (exact) mass is 467 g/mol. The predicted octanol–water partition coefficient (Wildman–Crippen LogP) is 4.03. The number of nitrogens with one attached hydrogen (secondary N) is 2. The predicted molar refractivity (Wildman–Crippen MR) is 119 cm³/mol. The minimum Gasteiger partial charge on any atom is -0.352 e. The van der Waals surface area contributed by atoms with Gasteiger partial charge in [0.25, 0.3) is 5.91 Å². The van der Waals surface area contributed by atoms with Crippen molar-refractivity contribution in [1.29, 1.82) is 0 Å². The van der Waals surface area contributed by atoms with Crippen LogP contribution < -0.4 is 15.5 Å². The van der Waals surface area contributed by atoms with E-state index in [0.29, 0.717) is 22.9 Å². The van der Waals surface area contributed by atoms with Crippen molar-refractivity contribution in [1.82, 2.24) is 5.32 Å². The van der Waals surface area contributed by atoms with Crippen molar-refractivity contribution >= 4 is 29.1 Å². The Morgan fingerprint density at radius 3 is 2.32 bits per heavy atom. The second kappa shape index (κ2) is 9.78. The molecule has 1 aliphatic rings. The van der Waals surface area contributed by atoms with Gasteiger partial charge in [-0.2, -0.15) is 0 Å². The Labute approximate surface area is 193 Å². The van der Waals surface area contributed by atoms with E-state index in [9.17, 15) is 27.6 Å². The van der Waals surface area contributed by atoms with Crippen molar-refractivity contribution in [2.24, 2.45) is 5.92 Å². The summed E-state index contributed by atoms with van der Waals surface area (Å²) in [6.07, 6.45) is -0.0717. The zero-order chi connectivity index (χ0) is 24.2. The molecule has 0 aromatic heterocycles. The Morgan fingerprint density at radius 1 is 0.912 bits per heavy atom. The number of anilines is 2. The Balaban J connectivity index is 1.34. The highest BCUT2D eigenvalue weighted by Crippen LogP contribution is 2.27. The summed E-state index contributed by atoms with van der Waals surface area (Å²) in [6.45, 7) is 0.166. The normalized spacial score (nSPS) is 15.3. The van der Waals surface area contributed by atoms with Crippen LogP contribution in [-0.2, 0) is 16.1 Å². The molecule has 1 fully saturated rings. The van der Waals surface area contributed by atoms with E-state index >= 15 is 0 Å². The first-order valence-corrected chi connectivity index (χ1v) is 10.5. The minimum absolute atomic E-state index is 0.0152. The molecule has 1 unspecified atom stereocenters. The zero-order valence-electron chi connectivity index (χ0n) is 17.9. The van der Waals surface area contributed by atoms with Crippen molar-refractivity contribution in [3.05, 3.63) is 95.3 Å². The van der Waals surface area contributed by atoms with Crippen LogP contribution in [0.25, 0.3) is 0 Å². The lowest BCUT2D eigenvalue weighted by molar-refractivity contribution is -0.126. The fourth-order valence-corrected chi connectivity index (χ4v) is 3.72.